The van der Waals surface area contributed by atoms with Crippen molar-refractivity contribution < 1.29 is 9.90 Å². The molecule has 0 saturated carbocycles. The van der Waals surface area contributed by atoms with Gasteiger partial charge in [-0.15, -0.1) is 0 Å². The van der Waals surface area contributed by atoms with Crippen molar-refractivity contribution >= 4 is 22.4 Å². The van der Waals surface area contributed by atoms with E-state index < -0.39 is 5.97 Å². The summed E-state index contributed by atoms with van der Waals surface area (Å²) in [5, 5.41) is 10.2. The predicted octanol–water partition coefficient (Wildman–Crippen LogP) is 4.10. The quantitative estimate of drug-likeness (QED) is 0.833. The van der Waals surface area contributed by atoms with Gasteiger partial charge in [0.15, 0.2) is 0 Å². The minimum absolute atomic E-state index is 0.343. The smallest absolute Gasteiger partial charge is 0.335 e. The molecule has 1 aliphatic rings. The predicted molar refractivity (Wildman–Crippen MR) is 76.5 cm³/mol. The Bertz CT molecular complexity index is 681. The number of aromatic carboxylic acids is 1. The fourth-order valence-electron chi connectivity index (χ4n) is 2.97. The summed E-state index contributed by atoms with van der Waals surface area (Å²) in [7, 11) is 0. The number of carbonyl (C=O) groups is 1. The first-order chi connectivity index (χ1) is 9.08. The van der Waals surface area contributed by atoms with Crippen LogP contribution in [0.1, 0.15) is 48.3 Å². The molecule has 0 bridgehead atoms. The second-order valence-corrected chi connectivity index (χ2v) is 5.32. The van der Waals surface area contributed by atoms with Crippen LogP contribution in [0.25, 0.3) is 16.5 Å². The highest BCUT2D eigenvalue weighted by Crippen LogP contribution is 2.35. The Morgan fingerprint density at radius 3 is 2.95 bits per heavy atom. The third-order valence-corrected chi connectivity index (χ3v) is 3.99. The zero-order valence-electron chi connectivity index (χ0n) is 11.0. The third kappa shape index (κ3) is 1.86. The maximum atomic E-state index is 11.1. The summed E-state index contributed by atoms with van der Waals surface area (Å²) in [5.74, 6) is -0.877. The van der Waals surface area contributed by atoms with Gasteiger partial charge in [-0.3, -0.25) is 0 Å². The number of carboxylic acid groups (broad SMARTS) is 1. The van der Waals surface area contributed by atoms with Crippen molar-refractivity contribution in [1.29, 1.82) is 0 Å². The highest BCUT2D eigenvalue weighted by Gasteiger charge is 2.20. The highest BCUT2D eigenvalue weighted by atomic mass is 16.4. The van der Waals surface area contributed by atoms with E-state index in [9.17, 15) is 4.79 Å². The van der Waals surface area contributed by atoms with Crippen molar-refractivity contribution in [3.05, 3.63) is 42.1 Å². The first-order valence-electron chi connectivity index (χ1n) is 6.64. The maximum absolute atomic E-state index is 11.1. The molecule has 2 heterocycles. The van der Waals surface area contributed by atoms with Crippen molar-refractivity contribution in [1.82, 2.24) is 4.57 Å². The maximum Gasteiger partial charge on any atom is 0.335 e. The molecule has 0 amide bonds. The van der Waals surface area contributed by atoms with Gasteiger partial charge >= 0.3 is 5.97 Å². The van der Waals surface area contributed by atoms with Gasteiger partial charge < -0.3 is 9.67 Å². The lowest BCUT2D eigenvalue weighted by Gasteiger charge is -2.15. The van der Waals surface area contributed by atoms with Crippen LogP contribution in [0.4, 0.5) is 0 Å². The fourth-order valence-corrected chi connectivity index (χ4v) is 2.97. The van der Waals surface area contributed by atoms with E-state index in [1.165, 1.54) is 0 Å². The summed E-state index contributed by atoms with van der Waals surface area (Å²) in [6, 6.07) is 7.84. The van der Waals surface area contributed by atoms with Crippen LogP contribution in [0.3, 0.4) is 0 Å². The van der Waals surface area contributed by atoms with Crippen molar-refractivity contribution in [3.63, 3.8) is 0 Å². The van der Waals surface area contributed by atoms with Gasteiger partial charge in [0, 0.05) is 22.6 Å². The second kappa shape index (κ2) is 4.26. The van der Waals surface area contributed by atoms with Crippen molar-refractivity contribution in [2.75, 3.05) is 0 Å². The molecule has 0 fully saturated rings. The molecule has 1 aromatic heterocycles. The Morgan fingerprint density at radius 2 is 2.21 bits per heavy atom. The summed E-state index contributed by atoms with van der Waals surface area (Å²) in [6.07, 6.45) is 3.27. The van der Waals surface area contributed by atoms with Gasteiger partial charge in [-0.05, 0) is 50.0 Å². The molecule has 2 aromatic rings. The minimum atomic E-state index is -0.877. The van der Waals surface area contributed by atoms with Gasteiger partial charge in [0.25, 0.3) is 0 Å². The van der Waals surface area contributed by atoms with Crippen molar-refractivity contribution in [3.8, 4) is 0 Å². The van der Waals surface area contributed by atoms with Gasteiger partial charge in [-0.1, -0.05) is 12.6 Å². The topological polar surface area (TPSA) is 42.2 Å². The molecular formula is C16H17NO2. The van der Waals surface area contributed by atoms with E-state index in [1.54, 1.807) is 12.1 Å². The molecule has 0 radical (unpaired) electrons. The van der Waals surface area contributed by atoms with Gasteiger partial charge in [0.1, 0.15) is 0 Å². The van der Waals surface area contributed by atoms with Gasteiger partial charge in [0.05, 0.1) is 5.56 Å². The fraction of sp³-hybridized carbons (Fsp3) is 0.312. The Labute approximate surface area is 112 Å². The van der Waals surface area contributed by atoms with E-state index in [4.69, 9.17) is 5.11 Å². The van der Waals surface area contributed by atoms with E-state index in [1.807, 2.05) is 6.07 Å². The van der Waals surface area contributed by atoms with E-state index in [-0.39, 0.29) is 0 Å². The van der Waals surface area contributed by atoms with Crippen LogP contribution in [0.15, 0.2) is 30.8 Å². The molecular weight excluding hydrogens is 238 g/mol. The number of benzene rings is 1. The number of rotatable bonds is 1. The summed E-state index contributed by atoms with van der Waals surface area (Å²) in [5.41, 5.74) is 3.65. The van der Waals surface area contributed by atoms with Crippen LogP contribution in [0, 0.1) is 0 Å². The molecule has 3 heteroatoms. The summed E-state index contributed by atoms with van der Waals surface area (Å²) >= 11 is 0. The number of allylic oxidation sites excluding steroid dienone is 1. The van der Waals surface area contributed by atoms with Crippen LogP contribution in [0.2, 0.25) is 0 Å². The second-order valence-electron chi connectivity index (χ2n) is 5.32. The first kappa shape index (κ1) is 12.0. The number of carboxylic acids is 1. The first-order valence-corrected chi connectivity index (χ1v) is 6.64. The number of fused-ring (bicyclic) bond motifs is 3. The molecule has 0 spiro atoms. The van der Waals surface area contributed by atoms with E-state index in [0.29, 0.717) is 11.6 Å². The van der Waals surface area contributed by atoms with E-state index >= 15 is 0 Å². The molecule has 0 aliphatic carbocycles. The van der Waals surface area contributed by atoms with Crippen LogP contribution in [-0.4, -0.2) is 15.6 Å². The standard InChI is InChI=1S/C16H17NO2/c1-10-4-3-5-11(2)17-14(10)8-12-6-7-13(16(18)19)9-15(12)17/h6-9,11H,1,3-5H2,2H3,(H,18,19). The molecule has 1 unspecified atom stereocenters. The number of nitrogens with zero attached hydrogens (tertiary/aromatic N) is 1. The van der Waals surface area contributed by atoms with E-state index in [0.717, 1.165) is 41.4 Å². The lowest BCUT2D eigenvalue weighted by molar-refractivity contribution is 0.0697. The highest BCUT2D eigenvalue weighted by molar-refractivity contribution is 5.95. The average molecular weight is 255 g/mol. The third-order valence-electron chi connectivity index (χ3n) is 3.99. The monoisotopic (exact) mass is 255 g/mol. The normalized spacial score (nSPS) is 19.2. The molecule has 98 valence electrons. The zero-order valence-corrected chi connectivity index (χ0v) is 11.0. The average Bonchev–Trinajstić information content (AvgIpc) is 2.70. The number of hydrogen-bond donors (Lipinski definition) is 1. The Hall–Kier alpha value is -2.03. The lowest BCUT2D eigenvalue weighted by Crippen LogP contribution is -2.06. The van der Waals surface area contributed by atoms with Crippen LogP contribution in [0.5, 0.6) is 0 Å². The van der Waals surface area contributed by atoms with Gasteiger partial charge in [0.2, 0.25) is 0 Å². The molecule has 1 N–H and O–H groups in total. The summed E-state index contributed by atoms with van der Waals surface area (Å²) < 4.78 is 2.25. The van der Waals surface area contributed by atoms with Gasteiger partial charge in [-0.25, -0.2) is 4.79 Å². The Morgan fingerprint density at radius 1 is 1.42 bits per heavy atom. The Kier molecular flexibility index (Phi) is 2.70. The van der Waals surface area contributed by atoms with Gasteiger partial charge in [-0.2, -0.15) is 0 Å². The zero-order chi connectivity index (χ0) is 13.6. The molecule has 0 saturated heterocycles. The molecule has 3 rings (SSSR count). The molecule has 3 nitrogen and oxygen atoms in total. The molecule has 19 heavy (non-hydrogen) atoms. The van der Waals surface area contributed by atoms with Crippen LogP contribution >= 0.6 is 0 Å². The Balaban J connectivity index is 2.30. The van der Waals surface area contributed by atoms with Crippen LogP contribution in [-0.2, 0) is 0 Å². The number of aromatic nitrogens is 1. The summed E-state index contributed by atoms with van der Waals surface area (Å²) in [4.78, 5) is 11.1. The molecule has 1 aromatic carbocycles. The minimum Gasteiger partial charge on any atom is -0.478 e. The van der Waals surface area contributed by atoms with E-state index in [2.05, 4.69) is 24.1 Å². The molecule has 1 atom stereocenters. The van der Waals surface area contributed by atoms with Crippen molar-refractivity contribution in [2.24, 2.45) is 0 Å². The summed E-state index contributed by atoms with van der Waals surface area (Å²) in [6.45, 7) is 6.36. The van der Waals surface area contributed by atoms with Crippen LogP contribution < -0.4 is 0 Å². The number of hydrogen-bond acceptors (Lipinski definition) is 1. The lowest BCUT2D eigenvalue weighted by atomic mass is 10.1. The van der Waals surface area contributed by atoms with Crippen molar-refractivity contribution in [2.45, 2.75) is 32.2 Å². The molecule has 1 aliphatic heterocycles. The largest absolute Gasteiger partial charge is 0.478 e. The SMILES string of the molecule is C=C1CCCC(C)n2c1cc1ccc(C(=O)O)cc12.